The number of carbonyl (C=O) groups is 3. The number of carboxylic acids is 1. The first-order valence-electron chi connectivity index (χ1n) is 24.2. The lowest BCUT2D eigenvalue weighted by molar-refractivity contribution is -0.887. The van der Waals surface area contributed by atoms with Gasteiger partial charge in [0, 0.05) is 19.3 Å². The molecule has 0 aromatic heterocycles. The van der Waals surface area contributed by atoms with Crippen LogP contribution in [0.25, 0.3) is 0 Å². The van der Waals surface area contributed by atoms with Crippen LogP contribution in [0.2, 0.25) is 0 Å². The smallest absolute Gasteiger partial charge is 0.362 e. The Morgan fingerprint density at radius 3 is 1.26 bits per heavy atom. The molecule has 0 bridgehead atoms. The molecule has 8 heteroatoms. The normalized spacial score (nSPS) is 12.9. The number of quaternary nitrogens is 1. The number of rotatable bonds is 44. The lowest BCUT2D eigenvalue weighted by Crippen LogP contribution is -2.50. The third kappa shape index (κ3) is 39.3. The number of unbranched alkanes of at least 4 members (excludes halogenated alkanes) is 28. The standard InChI is InChI=1S/C49H93NO7/c1-6-8-10-12-14-16-18-20-22-24-26-28-30-32-34-36-38-40-48(52)57-45(43-55-42-41-46(49(53)54)50(3,4)5)44-56-47(51)39-37-35-33-31-29-27-25-23-21-19-17-15-13-11-9-7-2/h23,25,45-46H,6-22,24,26-44H2,1-5H3/p+1/b25-23+. The number of nitrogens with zero attached hydrogens (tertiary/aromatic N) is 1. The van der Waals surface area contributed by atoms with Gasteiger partial charge in [-0.3, -0.25) is 9.59 Å². The third-order valence-electron chi connectivity index (χ3n) is 11.2. The zero-order chi connectivity index (χ0) is 42.1. The van der Waals surface area contributed by atoms with Crippen molar-refractivity contribution in [3.8, 4) is 0 Å². The van der Waals surface area contributed by atoms with Crippen molar-refractivity contribution in [2.24, 2.45) is 0 Å². The van der Waals surface area contributed by atoms with Gasteiger partial charge < -0.3 is 23.8 Å². The summed E-state index contributed by atoms with van der Waals surface area (Å²) in [4.78, 5) is 37.1. The minimum absolute atomic E-state index is 0.0491. The summed E-state index contributed by atoms with van der Waals surface area (Å²) in [6.45, 7) is 4.76. The van der Waals surface area contributed by atoms with Crippen LogP contribution in [0, 0.1) is 0 Å². The van der Waals surface area contributed by atoms with Crippen LogP contribution in [0.15, 0.2) is 12.2 Å². The maximum Gasteiger partial charge on any atom is 0.362 e. The molecule has 0 heterocycles. The van der Waals surface area contributed by atoms with E-state index in [9.17, 15) is 19.5 Å². The fraction of sp³-hybridized carbons (Fsp3) is 0.898. The number of carbonyl (C=O) groups excluding carboxylic acids is 2. The number of ether oxygens (including phenoxy) is 3. The topological polar surface area (TPSA) is 99.1 Å². The molecular weight excluding hydrogens is 715 g/mol. The fourth-order valence-electron chi connectivity index (χ4n) is 7.38. The minimum atomic E-state index is -0.872. The second-order valence-electron chi connectivity index (χ2n) is 17.7. The SMILES string of the molecule is CCCCCCCCC/C=C/CCCCCCCC(=O)OCC(COCCC(C(=O)O)[N+](C)(C)C)OC(=O)CCCCCCCCCCCCCCCCCCC. The highest BCUT2D eigenvalue weighted by molar-refractivity contribution is 5.72. The zero-order valence-corrected chi connectivity index (χ0v) is 38.3. The molecule has 8 nitrogen and oxygen atoms in total. The van der Waals surface area contributed by atoms with Gasteiger partial charge in [0.15, 0.2) is 12.1 Å². The summed E-state index contributed by atoms with van der Waals surface area (Å²) in [5.74, 6) is -1.46. The molecule has 0 fully saturated rings. The molecule has 0 aromatic carbocycles. The van der Waals surface area contributed by atoms with E-state index < -0.39 is 18.1 Å². The number of carboxylic acid groups (broad SMARTS) is 1. The van der Waals surface area contributed by atoms with Crippen molar-refractivity contribution in [3.05, 3.63) is 12.2 Å². The van der Waals surface area contributed by atoms with E-state index in [-0.39, 0.29) is 36.2 Å². The quantitative estimate of drug-likeness (QED) is 0.0283. The van der Waals surface area contributed by atoms with Crippen molar-refractivity contribution >= 4 is 17.9 Å². The van der Waals surface area contributed by atoms with Gasteiger partial charge in [-0.1, -0.05) is 187 Å². The molecule has 2 unspecified atom stereocenters. The number of hydrogen-bond acceptors (Lipinski definition) is 6. The summed E-state index contributed by atoms with van der Waals surface area (Å²) in [5, 5.41) is 9.63. The Balaban J connectivity index is 4.27. The highest BCUT2D eigenvalue weighted by Gasteiger charge is 2.31. The third-order valence-corrected chi connectivity index (χ3v) is 11.2. The van der Waals surface area contributed by atoms with Gasteiger partial charge in [-0.25, -0.2) is 4.79 Å². The maximum absolute atomic E-state index is 12.8. The van der Waals surface area contributed by atoms with Crippen molar-refractivity contribution in [3.63, 3.8) is 0 Å². The summed E-state index contributed by atoms with van der Waals surface area (Å²) in [5.41, 5.74) is 0. The number of esters is 2. The molecule has 2 atom stereocenters. The lowest BCUT2D eigenvalue weighted by Gasteiger charge is -2.31. The van der Waals surface area contributed by atoms with Gasteiger partial charge in [-0.05, 0) is 38.5 Å². The van der Waals surface area contributed by atoms with Gasteiger partial charge in [-0.15, -0.1) is 0 Å². The summed E-state index contributed by atoms with van der Waals surface area (Å²) >= 11 is 0. The lowest BCUT2D eigenvalue weighted by atomic mass is 10.0. The molecule has 0 spiro atoms. The summed E-state index contributed by atoms with van der Waals surface area (Å²) in [6, 6.07) is -0.611. The first-order chi connectivity index (χ1) is 27.6. The Morgan fingerprint density at radius 2 is 0.877 bits per heavy atom. The molecule has 0 aliphatic rings. The molecule has 57 heavy (non-hydrogen) atoms. The second kappa shape index (κ2) is 40.8. The second-order valence-corrected chi connectivity index (χ2v) is 17.7. The van der Waals surface area contributed by atoms with Gasteiger partial charge in [0.1, 0.15) is 6.61 Å². The van der Waals surface area contributed by atoms with Gasteiger partial charge in [-0.2, -0.15) is 0 Å². The fourth-order valence-corrected chi connectivity index (χ4v) is 7.38. The molecular formula is C49H94NO7+. The summed E-state index contributed by atoms with van der Waals surface area (Å²) in [7, 11) is 5.54. The Bertz CT molecular complexity index is 947. The molecule has 0 aliphatic heterocycles. The van der Waals surface area contributed by atoms with E-state index in [2.05, 4.69) is 26.0 Å². The van der Waals surface area contributed by atoms with Crippen molar-refractivity contribution in [2.75, 3.05) is 41.0 Å². The highest BCUT2D eigenvalue weighted by Crippen LogP contribution is 2.16. The van der Waals surface area contributed by atoms with Crippen LogP contribution >= 0.6 is 0 Å². The number of likely N-dealkylation sites (N-methyl/N-ethyl adjacent to an activating group) is 1. The molecule has 0 aromatic rings. The predicted molar refractivity (Wildman–Crippen MR) is 239 cm³/mol. The van der Waals surface area contributed by atoms with Gasteiger partial charge >= 0.3 is 17.9 Å². The van der Waals surface area contributed by atoms with Crippen LogP contribution in [-0.4, -0.2) is 80.6 Å². The maximum atomic E-state index is 12.8. The van der Waals surface area contributed by atoms with E-state index in [0.717, 1.165) is 44.9 Å². The molecule has 1 N–H and O–H groups in total. The van der Waals surface area contributed by atoms with Crippen LogP contribution in [0.4, 0.5) is 0 Å². The number of hydrogen-bond donors (Lipinski definition) is 1. The van der Waals surface area contributed by atoms with E-state index in [1.165, 1.54) is 154 Å². The largest absolute Gasteiger partial charge is 0.477 e. The first-order valence-corrected chi connectivity index (χ1v) is 24.2. The van der Waals surface area contributed by atoms with Crippen LogP contribution < -0.4 is 0 Å². The molecule has 0 rings (SSSR count). The predicted octanol–water partition coefficient (Wildman–Crippen LogP) is 13.5. The van der Waals surface area contributed by atoms with E-state index in [4.69, 9.17) is 14.2 Å². The number of allylic oxidation sites excluding steroid dienone is 2. The van der Waals surface area contributed by atoms with Gasteiger partial charge in [0.2, 0.25) is 0 Å². The van der Waals surface area contributed by atoms with Crippen molar-refractivity contribution in [1.29, 1.82) is 0 Å². The monoisotopic (exact) mass is 809 g/mol. The van der Waals surface area contributed by atoms with E-state index in [1.54, 1.807) is 0 Å². The Kier molecular flexibility index (Phi) is 39.4. The van der Waals surface area contributed by atoms with E-state index in [0.29, 0.717) is 19.3 Å². The molecule has 0 aliphatic carbocycles. The van der Waals surface area contributed by atoms with Crippen molar-refractivity contribution in [2.45, 2.75) is 244 Å². The van der Waals surface area contributed by atoms with E-state index >= 15 is 0 Å². The van der Waals surface area contributed by atoms with Crippen molar-refractivity contribution in [1.82, 2.24) is 0 Å². The van der Waals surface area contributed by atoms with E-state index in [1.807, 2.05) is 21.1 Å². The molecule has 0 saturated heterocycles. The molecule has 0 saturated carbocycles. The highest BCUT2D eigenvalue weighted by atomic mass is 16.6. The molecule has 0 radical (unpaired) electrons. The van der Waals surface area contributed by atoms with Crippen molar-refractivity contribution < 1.29 is 38.2 Å². The average Bonchev–Trinajstić information content (AvgIpc) is 3.17. The minimum Gasteiger partial charge on any atom is -0.477 e. The number of aliphatic carboxylic acids is 1. The van der Waals surface area contributed by atoms with Gasteiger partial charge in [0.05, 0.1) is 34.4 Å². The Morgan fingerprint density at radius 1 is 0.509 bits per heavy atom. The average molecular weight is 809 g/mol. The Hall–Kier alpha value is -1.93. The van der Waals surface area contributed by atoms with Crippen LogP contribution in [-0.2, 0) is 28.6 Å². The van der Waals surface area contributed by atoms with Gasteiger partial charge in [0.25, 0.3) is 0 Å². The molecule has 336 valence electrons. The summed E-state index contributed by atoms with van der Waals surface area (Å²) in [6.07, 6.45) is 43.9. The van der Waals surface area contributed by atoms with Crippen LogP contribution in [0.3, 0.4) is 0 Å². The zero-order valence-electron chi connectivity index (χ0n) is 38.3. The summed E-state index contributed by atoms with van der Waals surface area (Å²) < 4.78 is 17.3. The Labute approximate surface area is 352 Å². The first kappa shape index (κ1) is 55.1. The van der Waals surface area contributed by atoms with Crippen LogP contribution in [0.5, 0.6) is 0 Å². The molecule has 0 amide bonds. The van der Waals surface area contributed by atoms with Crippen LogP contribution in [0.1, 0.15) is 232 Å².